The van der Waals surface area contributed by atoms with Crippen LogP contribution in [0.3, 0.4) is 0 Å². The van der Waals surface area contributed by atoms with E-state index in [1.54, 1.807) is 11.0 Å². The highest BCUT2D eigenvalue weighted by atomic mass is 35.5. The Morgan fingerprint density at radius 3 is 2.52 bits per heavy atom. The van der Waals surface area contributed by atoms with E-state index in [2.05, 4.69) is 17.0 Å². The van der Waals surface area contributed by atoms with Crippen molar-refractivity contribution in [3.05, 3.63) is 102 Å². The second kappa shape index (κ2) is 11.2. The molecule has 1 aliphatic rings. The van der Waals surface area contributed by atoms with Crippen LogP contribution in [0.5, 0.6) is 11.5 Å². The zero-order valence-corrected chi connectivity index (χ0v) is 23.4. The van der Waals surface area contributed by atoms with Crippen LogP contribution >= 0.6 is 11.6 Å². The Morgan fingerprint density at radius 1 is 0.975 bits per heavy atom. The second-order valence-electron chi connectivity index (χ2n) is 10.4. The third kappa shape index (κ3) is 5.12. The van der Waals surface area contributed by atoms with Crippen LogP contribution in [0.2, 0.25) is 0 Å². The zero-order valence-electron chi connectivity index (χ0n) is 22.6. The molecule has 0 radical (unpaired) electrons. The van der Waals surface area contributed by atoms with Crippen LogP contribution in [0.1, 0.15) is 27.6 Å². The van der Waals surface area contributed by atoms with E-state index in [0.29, 0.717) is 31.2 Å². The number of carbonyl (C=O) groups is 1. The Morgan fingerprint density at radius 2 is 1.75 bits per heavy atom. The van der Waals surface area contributed by atoms with Crippen LogP contribution in [-0.2, 0) is 6.61 Å². The van der Waals surface area contributed by atoms with Gasteiger partial charge in [0, 0.05) is 41.7 Å². The molecule has 0 saturated heterocycles. The number of hydrogen-bond acceptors (Lipinski definition) is 5. The normalized spacial score (nSPS) is 14.7. The van der Waals surface area contributed by atoms with Crippen molar-refractivity contribution < 1.29 is 18.7 Å². The number of benzene rings is 4. The Labute approximate surface area is 238 Å². The maximum atomic E-state index is 13.9. The molecule has 204 valence electrons. The molecule has 1 aliphatic heterocycles. The molecule has 0 aliphatic carbocycles. The summed E-state index contributed by atoms with van der Waals surface area (Å²) in [7, 11) is 4.01. The van der Waals surface area contributed by atoms with Crippen molar-refractivity contribution in [3.63, 3.8) is 0 Å². The first kappa shape index (κ1) is 26.2. The molecule has 1 aromatic heterocycles. The van der Waals surface area contributed by atoms with E-state index < -0.39 is 0 Å². The van der Waals surface area contributed by atoms with Crippen molar-refractivity contribution in [2.75, 3.05) is 44.6 Å². The van der Waals surface area contributed by atoms with Crippen LogP contribution in [0.4, 0.5) is 5.69 Å². The Bertz CT molecular complexity index is 1660. The zero-order chi connectivity index (χ0) is 27.6. The summed E-state index contributed by atoms with van der Waals surface area (Å²) in [5, 5.41) is 2.88. The summed E-state index contributed by atoms with van der Waals surface area (Å²) in [6, 6.07) is 27.6. The number of furan rings is 1. The van der Waals surface area contributed by atoms with Crippen molar-refractivity contribution in [2.45, 2.75) is 12.5 Å². The molecule has 6 rings (SSSR count). The lowest BCUT2D eigenvalue weighted by Gasteiger charge is -2.18. The molecular weight excluding hydrogens is 524 g/mol. The summed E-state index contributed by atoms with van der Waals surface area (Å²) < 4.78 is 18.2. The number of halogens is 1. The summed E-state index contributed by atoms with van der Waals surface area (Å²) in [6.45, 7) is 2.29. The van der Waals surface area contributed by atoms with E-state index >= 15 is 0 Å². The van der Waals surface area contributed by atoms with Crippen LogP contribution < -0.4 is 14.4 Å². The summed E-state index contributed by atoms with van der Waals surface area (Å²) in [6.07, 6.45) is 0. The SMILES string of the molecule is CN(C)CCOc1ccc2oc(C(=O)N3C[C@@H](CCl)c4c3cc(OCc3ccccc3)c3ccccc43)cc2c1. The Hall–Kier alpha value is -4.00. The summed E-state index contributed by atoms with van der Waals surface area (Å²) >= 11 is 6.47. The fraction of sp³-hybridized carbons (Fsp3) is 0.242. The van der Waals surface area contributed by atoms with E-state index in [0.717, 1.165) is 51.0 Å². The minimum Gasteiger partial charge on any atom is -0.492 e. The first-order chi connectivity index (χ1) is 19.5. The molecule has 5 aromatic rings. The van der Waals surface area contributed by atoms with E-state index in [1.165, 1.54) is 0 Å². The van der Waals surface area contributed by atoms with Crippen molar-refractivity contribution in [1.82, 2.24) is 4.90 Å². The maximum absolute atomic E-state index is 13.9. The third-order valence-electron chi connectivity index (χ3n) is 7.30. The molecule has 7 heteroatoms. The fourth-order valence-electron chi connectivity index (χ4n) is 5.28. The van der Waals surface area contributed by atoms with Crippen molar-refractivity contribution >= 4 is 44.9 Å². The van der Waals surface area contributed by atoms with Gasteiger partial charge in [-0.25, -0.2) is 0 Å². The van der Waals surface area contributed by atoms with Gasteiger partial charge in [0.25, 0.3) is 5.91 Å². The van der Waals surface area contributed by atoms with Gasteiger partial charge in [0.05, 0.1) is 5.69 Å². The van der Waals surface area contributed by atoms with Gasteiger partial charge >= 0.3 is 0 Å². The predicted octanol–water partition coefficient (Wildman–Crippen LogP) is 7.09. The molecule has 2 heterocycles. The third-order valence-corrected chi connectivity index (χ3v) is 7.68. The number of nitrogens with zero attached hydrogens (tertiary/aromatic N) is 2. The number of carbonyl (C=O) groups excluding carboxylic acids is 1. The van der Waals surface area contributed by atoms with E-state index in [-0.39, 0.29) is 17.6 Å². The van der Waals surface area contributed by atoms with Crippen molar-refractivity contribution in [2.24, 2.45) is 0 Å². The van der Waals surface area contributed by atoms with Gasteiger partial charge in [0.1, 0.15) is 30.3 Å². The molecule has 40 heavy (non-hydrogen) atoms. The summed E-state index contributed by atoms with van der Waals surface area (Å²) in [4.78, 5) is 17.8. The molecule has 6 nitrogen and oxygen atoms in total. The summed E-state index contributed by atoms with van der Waals surface area (Å²) in [5.41, 5.74) is 3.59. The molecule has 0 spiro atoms. The maximum Gasteiger partial charge on any atom is 0.294 e. The molecule has 0 unspecified atom stereocenters. The monoisotopic (exact) mass is 554 g/mol. The Balaban J connectivity index is 1.33. The Kier molecular flexibility index (Phi) is 7.37. The highest BCUT2D eigenvalue weighted by Gasteiger charge is 2.36. The summed E-state index contributed by atoms with van der Waals surface area (Å²) in [5.74, 6) is 1.95. The quantitative estimate of drug-likeness (QED) is 0.182. The molecular formula is C33H31ClN2O4. The first-order valence-corrected chi connectivity index (χ1v) is 14.0. The van der Waals surface area contributed by atoms with Gasteiger partial charge in [0.2, 0.25) is 0 Å². The number of rotatable bonds is 9. The predicted molar refractivity (Wildman–Crippen MR) is 160 cm³/mol. The van der Waals surface area contributed by atoms with Crippen LogP contribution in [0, 0.1) is 0 Å². The van der Waals surface area contributed by atoms with Gasteiger partial charge < -0.3 is 23.7 Å². The van der Waals surface area contributed by atoms with Crippen LogP contribution in [-0.4, -0.2) is 50.5 Å². The standard InChI is InChI=1S/C33H31ClN2O4/c1-35(2)14-15-38-25-12-13-29-23(16-25)17-31(40-29)33(37)36-20-24(19-34)32-27-11-7-6-10-26(27)30(18-28(32)36)39-21-22-8-4-3-5-9-22/h3-13,16-18,24H,14-15,19-21H2,1-2H3/t24-/m1/s1. The largest absolute Gasteiger partial charge is 0.492 e. The number of amides is 1. The van der Waals surface area contributed by atoms with Gasteiger partial charge in [-0.1, -0.05) is 54.6 Å². The minimum absolute atomic E-state index is 0.00484. The lowest BCUT2D eigenvalue weighted by Crippen LogP contribution is -2.29. The topological polar surface area (TPSA) is 55.2 Å². The van der Waals surface area contributed by atoms with Gasteiger partial charge in [-0.3, -0.25) is 4.79 Å². The highest BCUT2D eigenvalue weighted by molar-refractivity contribution is 6.19. The smallest absolute Gasteiger partial charge is 0.294 e. The van der Waals surface area contributed by atoms with Gasteiger partial charge in [-0.05, 0) is 54.9 Å². The molecule has 0 fully saturated rings. The van der Waals surface area contributed by atoms with Gasteiger partial charge in [-0.2, -0.15) is 0 Å². The van der Waals surface area contributed by atoms with E-state index in [4.69, 9.17) is 25.5 Å². The van der Waals surface area contributed by atoms with E-state index in [9.17, 15) is 4.79 Å². The lowest BCUT2D eigenvalue weighted by molar-refractivity contribution is 0.0964. The van der Waals surface area contributed by atoms with Crippen molar-refractivity contribution in [1.29, 1.82) is 0 Å². The number of fused-ring (bicyclic) bond motifs is 4. The molecule has 4 aromatic carbocycles. The van der Waals surface area contributed by atoms with Crippen molar-refractivity contribution in [3.8, 4) is 11.5 Å². The van der Waals surface area contributed by atoms with E-state index in [1.807, 2.05) is 80.8 Å². The minimum atomic E-state index is -0.204. The molecule has 1 atom stereocenters. The molecule has 0 saturated carbocycles. The average Bonchev–Trinajstić information content (AvgIpc) is 3.57. The molecule has 0 N–H and O–H groups in total. The number of likely N-dealkylation sites (N-methyl/N-ethyl adjacent to an activating group) is 1. The van der Waals surface area contributed by atoms with Crippen LogP contribution in [0.15, 0.2) is 89.3 Å². The van der Waals surface area contributed by atoms with Crippen LogP contribution in [0.25, 0.3) is 21.7 Å². The highest BCUT2D eigenvalue weighted by Crippen LogP contribution is 2.46. The number of ether oxygens (including phenoxy) is 2. The van der Waals surface area contributed by atoms with Gasteiger partial charge in [0.15, 0.2) is 5.76 Å². The number of anilines is 1. The van der Waals surface area contributed by atoms with Gasteiger partial charge in [-0.15, -0.1) is 11.6 Å². The lowest BCUT2D eigenvalue weighted by atomic mass is 9.95. The first-order valence-electron chi connectivity index (χ1n) is 13.4. The second-order valence-corrected chi connectivity index (χ2v) is 10.7. The molecule has 1 amide bonds. The fourth-order valence-corrected chi connectivity index (χ4v) is 5.53. The average molecular weight is 555 g/mol. The number of hydrogen-bond donors (Lipinski definition) is 0. The number of alkyl halides is 1. The molecule has 0 bridgehead atoms.